The van der Waals surface area contributed by atoms with Gasteiger partial charge in [0.15, 0.2) is 0 Å². The molecule has 0 aromatic rings. The highest BCUT2D eigenvalue weighted by atomic mass is 16.5. The van der Waals surface area contributed by atoms with Gasteiger partial charge in [-0.1, -0.05) is 12.5 Å². The fourth-order valence-electron chi connectivity index (χ4n) is 1.89. The SMILES string of the molecule is C=CCCCCCN1CCOC(CO)C1. The highest BCUT2D eigenvalue weighted by Gasteiger charge is 2.18. The van der Waals surface area contributed by atoms with E-state index >= 15 is 0 Å². The molecule has 0 bridgehead atoms. The third kappa shape index (κ3) is 5.30. The minimum atomic E-state index is 0.0342. The van der Waals surface area contributed by atoms with Crippen molar-refractivity contribution in [2.24, 2.45) is 0 Å². The quantitative estimate of drug-likeness (QED) is 0.513. The molecule has 88 valence electrons. The van der Waals surface area contributed by atoms with E-state index in [0.29, 0.717) is 0 Å². The van der Waals surface area contributed by atoms with Crippen LogP contribution in [0.25, 0.3) is 0 Å². The van der Waals surface area contributed by atoms with Crippen LogP contribution in [0.3, 0.4) is 0 Å². The van der Waals surface area contributed by atoms with E-state index in [1.807, 2.05) is 6.08 Å². The number of allylic oxidation sites excluding steroid dienone is 1. The van der Waals surface area contributed by atoms with Gasteiger partial charge in [0.25, 0.3) is 0 Å². The summed E-state index contributed by atoms with van der Waals surface area (Å²) in [6.45, 7) is 7.66. The number of hydrogen-bond donors (Lipinski definition) is 1. The Balaban J connectivity index is 2.02. The van der Waals surface area contributed by atoms with Gasteiger partial charge in [0.05, 0.1) is 19.3 Å². The smallest absolute Gasteiger partial charge is 0.0932 e. The van der Waals surface area contributed by atoms with Gasteiger partial charge in [-0.05, 0) is 25.8 Å². The van der Waals surface area contributed by atoms with Crippen molar-refractivity contribution >= 4 is 0 Å². The first-order chi connectivity index (χ1) is 7.36. The molecule has 3 nitrogen and oxygen atoms in total. The van der Waals surface area contributed by atoms with Gasteiger partial charge in [-0.2, -0.15) is 0 Å². The molecule has 0 radical (unpaired) electrons. The summed E-state index contributed by atoms with van der Waals surface area (Å²) in [6, 6.07) is 0. The Morgan fingerprint density at radius 3 is 3.00 bits per heavy atom. The van der Waals surface area contributed by atoms with Crippen molar-refractivity contribution in [1.29, 1.82) is 0 Å². The second kappa shape index (κ2) is 7.85. The molecule has 1 atom stereocenters. The Kier molecular flexibility index (Phi) is 6.64. The van der Waals surface area contributed by atoms with Crippen molar-refractivity contribution in [3.8, 4) is 0 Å². The molecule has 1 unspecified atom stereocenters. The Morgan fingerprint density at radius 1 is 1.40 bits per heavy atom. The largest absolute Gasteiger partial charge is 0.394 e. The summed E-state index contributed by atoms with van der Waals surface area (Å²) in [5, 5.41) is 8.99. The van der Waals surface area contributed by atoms with Gasteiger partial charge in [0.2, 0.25) is 0 Å². The van der Waals surface area contributed by atoms with E-state index in [0.717, 1.165) is 32.7 Å². The van der Waals surface area contributed by atoms with Crippen LogP contribution in [0.1, 0.15) is 25.7 Å². The molecule has 0 aliphatic carbocycles. The normalized spacial score (nSPS) is 22.9. The van der Waals surface area contributed by atoms with E-state index < -0.39 is 0 Å². The Labute approximate surface area is 92.7 Å². The molecular formula is C12H23NO2. The number of hydrogen-bond acceptors (Lipinski definition) is 3. The van der Waals surface area contributed by atoms with Crippen LogP contribution in [0.5, 0.6) is 0 Å². The number of ether oxygens (including phenoxy) is 1. The second-order valence-corrected chi connectivity index (χ2v) is 4.11. The van der Waals surface area contributed by atoms with Crippen LogP contribution in [-0.2, 0) is 4.74 Å². The second-order valence-electron chi connectivity index (χ2n) is 4.11. The van der Waals surface area contributed by atoms with Crippen LogP contribution < -0.4 is 0 Å². The summed E-state index contributed by atoms with van der Waals surface area (Å²) < 4.78 is 5.40. The Morgan fingerprint density at radius 2 is 2.27 bits per heavy atom. The molecule has 1 saturated heterocycles. The van der Waals surface area contributed by atoms with Gasteiger partial charge in [-0.3, -0.25) is 4.90 Å². The minimum absolute atomic E-state index is 0.0342. The number of aliphatic hydroxyl groups is 1. The Bertz CT molecular complexity index is 173. The standard InChI is InChI=1S/C12H23NO2/c1-2-3-4-5-6-7-13-8-9-15-12(10-13)11-14/h2,12,14H,1,3-11H2. The van der Waals surface area contributed by atoms with Crippen LogP contribution in [0.4, 0.5) is 0 Å². The topological polar surface area (TPSA) is 32.7 Å². The Hall–Kier alpha value is -0.380. The highest BCUT2D eigenvalue weighted by molar-refractivity contribution is 4.71. The average molecular weight is 213 g/mol. The van der Waals surface area contributed by atoms with Gasteiger partial charge >= 0.3 is 0 Å². The molecule has 1 fully saturated rings. The molecule has 1 aliphatic heterocycles. The molecule has 0 spiro atoms. The van der Waals surface area contributed by atoms with Crippen LogP contribution in [0.15, 0.2) is 12.7 Å². The first-order valence-electron chi connectivity index (χ1n) is 5.92. The van der Waals surface area contributed by atoms with Crippen LogP contribution in [0.2, 0.25) is 0 Å². The van der Waals surface area contributed by atoms with E-state index in [2.05, 4.69) is 11.5 Å². The molecule has 1 N–H and O–H groups in total. The minimum Gasteiger partial charge on any atom is -0.394 e. The fourth-order valence-corrected chi connectivity index (χ4v) is 1.89. The summed E-state index contributed by atoms with van der Waals surface area (Å²) in [7, 11) is 0. The van der Waals surface area contributed by atoms with Gasteiger partial charge in [0, 0.05) is 13.1 Å². The van der Waals surface area contributed by atoms with E-state index in [-0.39, 0.29) is 12.7 Å². The molecule has 1 aliphatic rings. The first-order valence-corrected chi connectivity index (χ1v) is 5.92. The zero-order chi connectivity index (χ0) is 10.9. The van der Waals surface area contributed by atoms with Gasteiger partial charge in [-0.15, -0.1) is 6.58 Å². The lowest BCUT2D eigenvalue weighted by Gasteiger charge is -2.31. The fraction of sp³-hybridized carbons (Fsp3) is 0.833. The lowest BCUT2D eigenvalue weighted by atomic mass is 10.2. The van der Waals surface area contributed by atoms with Gasteiger partial charge in [0.1, 0.15) is 0 Å². The number of morpholine rings is 1. The maximum Gasteiger partial charge on any atom is 0.0932 e. The molecule has 0 amide bonds. The van der Waals surface area contributed by atoms with Crippen LogP contribution in [-0.4, -0.2) is 49.0 Å². The van der Waals surface area contributed by atoms with E-state index in [9.17, 15) is 0 Å². The van der Waals surface area contributed by atoms with Crippen LogP contribution in [0, 0.1) is 0 Å². The summed E-state index contributed by atoms with van der Waals surface area (Å²) in [5.74, 6) is 0. The maximum atomic E-state index is 8.99. The molecule has 0 saturated carbocycles. The zero-order valence-corrected chi connectivity index (χ0v) is 9.53. The van der Waals surface area contributed by atoms with E-state index in [1.54, 1.807) is 0 Å². The molecule has 15 heavy (non-hydrogen) atoms. The molecule has 1 rings (SSSR count). The number of unbranched alkanes of at least 4 members (excludes halogenated alkanes) is 3. The van der Waals surface area contributed by atoms with Crippen molar-refractivity contribution in [3.05, 3.63) is 12.7 Å². The monoisotopic (exact) mass is 213 g/mol. The molecule has 3 heteroatoms. The molecule has 1 heterocycles. The highest BCUT2D eigenvalue weighted by Crippen LogP contribution is 2.07. The van der Waals surface area contributed by atoms with Crippen molar-refractivity contribution in [1.82, 2.24) is 4.90 Å². The first kappa shape index (κ1) is 12.7. The van der Waals surface area contributed by atoms with E-state index in [1.165, 1.54) is 19.3 Å². The third-order valence-electron chi connectivity index (χ3n) is 2.81. The van der Waals surface area contributed by atoms with Crippen molar-refractivity contribution in [2.75, 3.05) is 32.8 Å². The molecule has 0 aromatic carbocycles. The third-order valence-corrected chi connectivity index (χ3v) is 2.81. The number of rotatable bonds is 7. The number of nitrogens with zero attached hydrogens (tertiary/aromatic N) is 1. The molecule has 0 aromatic heterocycles. The summed E-state index contributed by atoms with van der Waals surface area (Å²) in [5.41, 5.74) is 0. The average Bonchev–Trinajstić information content (AvgIpc) is 2.29. The van der Waals surface area contributed by atoms with Crippen molar-refractivity contribution < 1.29 is 9.84 Å². The van der Waals surface area contributed by atoms with Crippen molar-refractivity contribution in [2.45, 2.75) is 31.8 Å². The predicted octanol–water partition coefficient (Wildman–Crippen LogP) is 1.43. The lowest BCUT2D eigenvalue weighted by molar-refractivity contribution is -0.0529. The van der Waals surface area contributed by atoms with Crippen LogP contribution >= 0.6 is 0 Å². The summed E-state index contributed by atoms with van der Waals surface area (Å²) in [4.78, 5) is 2.39. The molecular weight excluding hydrogens is 190 g/mol. The van der Waals surface area contributed by atoms with Gasteiger partial charge < -0.3 is 9.84 Å². The van der Waals surface area contributed by atoms with E-state index in [4.69, 9.17) is 9.84 Å². The van der Waals surface area contributed by atoms with Gasteiger partial charge in [-0.25, -0.2) is 0 Å². The van der Waals surface area contributed by atoms with Crippen molar-refractivity contribution in [3.63, 3.8) is 0 Å². The zero-order valence-electron chi connectivity index (χ0n) is 9.53. The predicted molar refractivity (Wildman–Crippen MR) is 61.9 cm³/mol. The summed E-state index contributed by atoms with van der Waals surface area (Å²) >= 11 is 0. The lowest BCUT2D eigenvalue weighted by Crippen LogP contribution is -2.44. The number of aliphatic hydroxyl groups excluding tert-OH is 1. The summed E-state index contributed by atoms with van der Waals surface area (Å²) in [6.07, 6.45) is 6.90. The maximum absolute atomic E-state index is 8.99.